The van der Waals surface area contributed by atoms with Crippen molar-refractivity contribution in [3.8, 4) is 0 Å². The van der Waals surface area contributed by atoms with Crippen molar-refractivity contribution in [2.24, 2.45) is 0 Å². The number of carbonyl (C=O) groups excluding carboxylic acids is 2. The minimum Gasteiger partial charge on any atom is -0.465 e. The molecule has 1 heterocycles. The fourth-order valence-corrected chi connectivity index (χ4v) is 2.03. The van der Waals surface area contributed by atoms with Crippen molar-refractivity contribution in [2.75, 3.05) is 25.1 Å². The Morgan fingerprint density at radius 3 is 2.53 bits per heavy atom. The molecule has 1 saturated heterocycles. The van der Waals surface area contributed by atoms with Crippen LogP contribution in [0.15, 0.2) is 24.3 Å². The lowest BCUT2D eigenvalue weighted by atomic mass is 10.1. The molecule has 0 aromatic heterocycles. The van der Waals surface area contributed by atoms with Gasteiger partial charge in [-0.05, 0) is 12.1 Å². The van der Waals surface area contributed by atoms with Crippen LogP contribution in [0, 0.1) is 0 Å². The Balaban J connectivity index is 2.25. The quantitative estimate of drug-likeness (QED) is 0.728. The van der Waals surface area contributed by atoms with E-state index < -0.39 is 0 Å². The average molecular weight is 233 g/mol. The minimum absolute atomic E-state index is 0.289. The molecular weight excluding hydrogens is 218 g/mol. The number of rotatable bonds is 2. The lowest BCUT2D eigenvalue weighted by molar-refractivity contribution is -0.119. The number of ketones is 1. The predicted octanol–water partition coefficient (Wildman–Crippen LogP) is 1.64. The van der Waals surface area contributed by atoms with E-state index in [1.54, 1.807) is 6.07 Å². The Morgan fingerprint density at radius 1 is 1.24 bits per heavy atom. The summed E-state index contributed by atoms with van der Waals surface area (Å²) >= 11 is 0. The van der Waals surface area contributed by atoms with E-state index in [1.165, 1.54) is 7.11 Å². The van der Waals surface area contributed by atoms with Crippen molar-refractivity contribution in [2.45, 2.75) is 12.8 Å². The van der Waals surface area contributed by atoms with Crippen molar-refractivity contribution in [1.29, 1.82) is 0 Å². The molecule has 0 spiro atoms. The van der Waals surface area contributed by atoms with Crippen LogP contribution in [0.2, 0.25) is 0 Å². The third-order valence-corrected chi connectivity index (χ3v) is 2.97. The molecule has 0 amide bonds. The van der Waals surface area contributed by atoms with Crippen molar-refractivity contribution >= 4 is 17.4 Å². The highest BCUT2D eigenvalue weighted by atomic mass is 16.5. The van der Waals surface area contributed by atoms with Crippen LogP contribution in [0.25, 0.3) is 0 Å². The lowest BCUT2D eigenvalue weighted by Crippen LogP contribution is -2.34. The molecule has 1 aromatic rings. The van der Waals surface area contributed by atoms with Gasteiger partial charge in [0.2, 0.25) is 0 Å². The summed E-state index contributed by atoms with van der Waals surface area (Å²) in [5.41, 5.74) is 1.41. The Morgan fingerprint density at radius 2 is 1.88 bits per heavy atom. The number of carbonyl (C=O) groups is 2. The van der Waals surface area contributed by atoms with Crippen LogP contribution in [0.1, 0.15) is 23.2 Å². The summed E-state index contributed by atoms with van der Waals surface area (Å²) in [4.78, 5) is 24.9. The number of methoxy groups -OCH3 is 1. The first-order valence-corrected chi connectivity index (χ1v) is 5.66. The molecule has 1 fully saturated rings. The Labute approximate surface area is 100 Å². The molecule has 0 radical (unpaired) electrons. The number of nitrogens with zero attached hydrogens (tertiary/aromatic N) is 1. The van der Waals surface area contributed by atoms with E-state index in [0.717, 1.165) is 5.69 Å². The van der Waals surface area contributed by atoms with Crippen molar-refractivity contribution in [3.05, 3.63) is 29.8 Å². The van der Waals surface area contributed by atoms with Gasteiger partial charge >= 0.3 is 5.97 Å². The van der Waals surface area contributed by atoms with Gasteiger partial charge in [-0.2, -0.15) is 0 Å². The first kappa shape index (κ1) is 11.6. The molecule has 0 unspecified atom stereocenters. The number of piperidine rings is 1. The summed E-state index contributed by atoms with van der Waals surface area (Å²) in [5.74, 6) is -0.0469. The molecule has 4 nitrogen and oxygen atoms in total. The number of para-hydroxylation sites is 1. The molecule has 17 heavy (non-hydrogen) atoms. The van der Waals surface area contributed by atoms with E-state index >= 15 is 0 Å². The molecule has 1 aliphatic heterocycles. The number of anilines is 1. The summed E-state index contributed by atoms with van der Waals surface area (Å²) in [6.07, 6.45) is 1.10. The van der Waals surface area contributed by atoms with Crippen molar-refractivity contribution in [1.82, 2.24) is 0 Å². The topological polar surface area (TPSA) is 46.6 Å². The van der Waals surface area contributed by atoms with E-state index in [0.29, 0.717) is 31.5 Å². The van der Waals surface area contributed by atoms with Gasteiger partial charge in [0.05, 0.1) is 18.4 Å². The maximum absolute atomic E-state index is 11.6. The molecule has 1 aromatic carbocycles. The number of hydrogen-bond acceptors (Lipinski definition) is 4. The third kappa shape index (κ3) is 2.46. The average Bonchev–Trinajstić information content (AvgIpc) is 2.39. The van der Waals surface area contributed by atoms with Gasteiger partial charge in [0.25, 0.3) is 0 Å². The fraction of sp³-hybridized carbons (Fsp3) is 0.385. The van der Waals surface area contributed by atoms with Gasteiger partial charge in [0.1, 0.15) is 5.78 Å². The summed E-state index contributed by atoms with van der Waals surface area (Å²) in [6.45, 7) is 1.35. The highest BCUT2D eigenvalue weighted by Crippen LogP contribution is 2.23. The van der Waals surface area contributed by atoms with Gasteiger partial charge in [0.15, 0.2) is 0 Å². The van der Waals surface area contributed by atoms with Gasteiger partial charge < -0.3 is 9.64 Å². The van der Waals surface area contributed by atoms with Crippen molar-refractivity contribution in [3.63, 3.8) is 0 Å². The normalized spacial score (nSPS) is 15.8. The zero-order valence-corrected chi connectivity index (χ0v) is 9.81. The van der Waals surface area contributed by atoms with Gasteiger partial charge in [-0.3, -0.25) is 4.79 Å². The van der Waals surface area contributed by atoms with Crippen molar-refractivity contribution < 1.29 is 14.3 Å². The molecular formula is C13H15NO3. The Kier molecular flexibility index (Phi) is 3.42. The highest BCUT2D eigenvalue weighted by molar-refractivity contribution is 5.96. The lowest BCUT2D eigenvalue weighted by Gasteiger charge is -2.29. The molecule has 0 aliphatic carbocycles. The van der Waals surface area contributed by atoms with Crippen LogP contribution in [-0.2, 0) is 9.53 Å². The molecule has 0 saturated carbocycles. The molecule has 2 rings (SSSR count). The molecule has 0 N–H and O–H groups in total. The van der Waals surface area contributed by atoms with E-state index in [4.69, 9.17) is 4.74 Å². The standard InChI is InChI=1S/C13H15NO3/c1-17-13(16)11-4-2-3-5-12(11)14-8-6-10(15)7-9-14/h2-5H,6-9H2,1H3. The highest BCUT2D eigenvalue weighted by Gasteiger charge is 2.21. The first-order chi connectivity index (χ1) is 8.22. The van der Waals surface area contributed by atoms with Gasteiger partial charge in [-0.15, -0.1) is 0 Å². The zero-order valence-electron chi connectivity index (χ0n) is 9.81. The summed E-state index contributed by atoms with van der Waals surface area (Å²) in [7, 11) is 1.37. The largest absolute Gasteiger partial charge is 0.465 e. The zero-order chi connectivity index (χ0) is 12.3. The first-order valence-electron chi connectivity index (χ1n) is 5.66. The van der Waals surface area contributed by atoms with Crippen LogP contribution in [-0.4, -0.2) is 32.0 Å². The molecule has 90 valence electrons. The van der Waals surface area contributed by atoms with E-state index in [2.05, 4.69) is 4.90 Å². The smallest absolute Gasteiger partial charge is 0.339 e. The van der Waals surface area contributed by atoms with E-state index in [1.807, 2.05) is 18.2 Å². The van der Waals surface area contributed by atoms with Gasteiger partial charge in [0, 0.05) is 25.9 Å². The van der Waals surface area contributed by atoms with E-state index in [9.17, 15) is 9.59 Å². The second kappa shape index (κ2) is 4.99. The predicted molar refractivity (Wildman–Crippen MR) is 64.2 cm³/mol. The maximum Gasteiger partial charge on any atom is 0.339 e. The van der Waals surface area contributed by atoms with Crippen LogP contribution in [0.4, 0.5) is 5.69 Å². The number of benzene rings is 1. The third-order valence-electron chi connectivity index (χ3n) is 2.97. The monoisotopic (exact) mass is 233 g/mol. The van der Waals surface area contributed by atoms with E-state index in [-0.39, 0.29) is 11.8 Å². The number of esters is 1. The van der Waals surface area contributed by atoms with Gasteiger partial charge in [-0.25, -0.2) is 4.79 Å². The summed E-state index contributed by atoms with van der Waals surface area (Å²) in [5, 5.41) is 0. The Bertz CT molecular complexity index is 432. The SMILES string of the molecule is COC(=O)c1ccccc1N1CCC(=O)CC1. The van der Waals surface area contributed by atoms with Crippen LogP contribution in [0.3, 0.4) is 0 Å². The summed E-state index contributed by atoms with van der Waals surface area (Å²) < 4.78 is 4.76. The Hall–Kier alpha value is -1.84. The molecule has 0 bridgehead atoms. The minimum atomic E-state index is -0.336. The van der Waals surface area contributed by atoms with Crippen LogP contribution >= 0.6 is 0 Å². The van der Waals surface area contributed by atoms with Gasteiger partial charge in [-0.1, -0.05) is 12.1 Å². The molecule has 4 heteroatoms. The second-order valence-electron chi connectivity index (χ2n) is 4.03. The fourth-order valence-electron chi connectivity index (χ4n) is 2.03. The number of ether oxygens (including phenoxy) is 1. The van der Waals surface area contributed by atoms with Crippen LogP contribution < -0.4 is 4.90 Å². The summed E-state index contributed by atoms with van der Waals surface area (Å²) in [6, 6.07) is 7.34. The second-order valence-corrected chi connectivity index (χ2v) is 4.03. The maximum atomic E-state index is 11.6. The number of Topliss-reactive ketones (excluding diaryl/α,β-unsaturated/α-hetero) is 1. The number of hydrogen-bond donors (Lipinski definition) is 0. The molecule has 0 atom stereocenters. The molecule has 1 aliphatic rings. The van der Waals surface area contributed by atoms with Crippen LogP contribution in [0.5, 0.6) is 0 Å².